The molecular weight excluding hydrogens is 386 g/mol. The molecule has 6 heteroatoms. The Morgan fingerprint density at radius 3 is 2.41 bits per heavy atom. The molecule has 4 N–H and O–H groups in total. The van der Waals surface area contributed by atoms with Crippen molar-refractivity contribution in [3.05, 3.63) is 48.6 Å². The van der Waals surface area contributed by atoms with Crippen molar-refractivity contribution in [3.8, 4) is 0 Å². The van der Waals surface area contributed by atoms with Crippen molar-refractivity contribution in [2.75, 3.05) is 5.75 Å². The van der Waals surface area contributed by atoms with Gasteiger partial charge in [0.05, 0.1) is 18.1 Å². The zero-order valence-electron chi connectivity index (χ0n) is 17.5. The summed E-state index contributed by atoms with van der Waals surface area (Å²) in [5.41, 5.74) is 5.77. The van der Waals surface area contributed by atoms with Crippen molar-refractivity contribution in [2.45, 2.75) is 70.4 Å². The first-order chi connectivity index (χ1) is 13.9. The number of hydrogen-bond donors (Lipinski definition) is 4. The lowest BCUT2D eigenvalue weighted by Crippen LogP contribution is -2.41. The topological polar surface area (TPSA) is 101 Å². The summed E-state index contributed by atoms with van der Waals surface area (Å²) in [6, 6.07) is -0.768. The van der Waals surface area contributed by atoms with Crippen LogP contribution in [0.4, 0.5) is 0 Å². The van der Waals surface area contributed by atoms with Gasteiger partial charge < -0.3 is 15.9 Å². The Hall–Kier alpha value is -1.63. The van der Waals surface area contributed by atoms with Gasteiger partial charge in [0, 0.05) is 12.2 Å². The van der Waals surface area contributed by atoms with Gasteiger partial charge in [0.25, 0.3) is 0 Å². The summed E-state index contributed by atoms with van der Waals surface area (Å²) in [5.74, 6) is -1.80. The summed E-state index contributed by atoms with van der Waals surface area (Å²) in [4.78, 5) is 23.0. The quantitative estimate of drug-likeness (QED) is 0.121. The largest absolute Gasteiger partial charge is 0.481 e. The molecule has 0 radical (unpaired) electrons. The molecule has 0 heterocycles. The summed E-state index contributed by atoms with van der Waals surface area (Å²) in [7, 11) is 0. The van der Waals surface area contributed by atoms with Crippen LogP contribution in [0.3, 0.4) is 0 Å². The van der Waals surface area contributed by atoms with Crippen molar-refractivity contribution < 1.29 is 19.8 Å². The van der Waals surface area contributed by atoms with E-state index in [9.17, 15) is 14.7 Å². The van der Waals surface area contributed by atoms with Crippen LogP contribution in [0.15, 0.2) is 48.6 Å². The fourth-order valence-corrected chi connectivity index (χ4v) is 2.85. The third-order valence-electron chi connectivity index (χ3n) is 4.40. The van der Waals surface area contributed by atoms with Crippen LogP contribution in [-0.2, 0) is 9.59 Å². The Morgan fingerprint density at radius 2 is 1.76 bits per heavy atom. The molecule has 164 valence electrons. The molecule has 0 fully saturated rings. The Labute approximate surface area is 180 Å². The minimum absolute atomic E-state index is 0.0436. The zero-order valence-corrected chi connectivity index (χ0v) is 18.3. The van der Waals surface area contributed by atoms with E-state index in [0.29, 0.717) is 6.42 Å². The van der Waals surface area contributed by atoms with Gasteiger partial charge in [0.2, 0.25) is 0 Å². The molecule has 0 amide bonds. The van der Waals surface area contributed by atoms with Gasteiger partial charge in [-0.15, -0.1) is 0 Å². The van der Waals surface area contributed by atoms with Gasteiger partial charge in [-0.1, -0.05) is 68.4 Å². The smallest absolute Gasteiger partial charge is 0.303 e. The molecule has 0 aliphatic heterocycles. The standard InChI is InChI=1S/C23H37NO4S/c1-2-3-4-5-6-7-8-9-10-11-12-13-15-19(23(28)20(24)18-29)21(25)16-14-17-22(26)27/h6-7,9-13,15,19-21,25,29H,2-5,8,14,16-18,24H2,1H3,(H,26,27)/b7-6-,10-9+,12-11?,15-13?/t19-,20?,21+/m0/s1. The number of carboxylic acid groups (broad SMARTS) is 1. The predicted octanol–water partition coefficient (Wildman–Crippen LogP) is 4.24. The van der Waals surface area contributed by atoms with Gasteiger partial charge in [-0.05, 0) is 32.1 Å². The third kappa shape index (κ3) is 14.9. The van der Waals surface area contributed by atoms with Gasteiger partial charge in [-0.2, -0.15) is 12.6 Å². The Morgan fingerprint density at radius 1 is 1.03 bits per heavy atom. The predicted molar refractivity (Wildman–Crippen MR) is 123 cm³/mol. The highest BCUT2D eigenvalue weighted by atomic mass is 32.1. The average Bonchev–Trinajstić information content (AvgIpc) is 2.70. The number of aliphatic hydroxyl groups is 1. The van der Waals surface area contributed by atoms with E-state index in [4.69, 9.17) is 10.8 Å². The molecular formula is C23H37NO4S. The number of hydrogen-bond acceptors (Lipinski definition) is 5. The normalized spacial score (nSPS) is 15.6. The number of ketones is 1. The number of nitrogens with two attached hydrogens (primary N) is 1. The van der Waals surface area contributed by atoms with Gasteiger partial charge in [-0.25, -0.2) is 0 Å². The van der Waals surface area contributed by atoms with E-state index < -0.39 is 24.0 Å². The van der Waals surface area contributed by atoms with Crippen LogP contribution >= 0.6 is 12.6 Å². The minimum atomic E-state index is -0.967. The highest BCUT2D eigenvalue weighted by molar-refractivity contribution is 7.80. The van der Waals surface area contributed by atoms with E-state index in [-0.39, 0.29) is 24.4 Å². The van der Waals surface area contributed by atoms with Crippen molar-refractivity contribution in [2.24, 2.45) is 11.7 Å². The monoisotopic (exact) mass is 423 g/mol. The van der Waals surface area contributed by atoms with Crippen LogP contribution in [0.2, 0.25) is 0 Å². The van der Waals surface area contributed by atoms with Gasteiger partial charge in [-0.3, -0.25) is 9.59 Å². The number of allylic oxidation sites excluding steroid dienone is 7. The van der Waals surface area contributed by atoms with E-state index in [1.165, 1.54) is 19.3 Å². The molecule has 0 aromatic rings. The highest BCUT2D eigenvalue weighted by Gasteiger charge is 2.27. The van der Waals surface area contributed by atoms with E-state index in [1.807, 2.05) is 18.2 Å². The summed E-state index contributed by atoms with van der Waals surface area (Å²) in [6.45, 7) is 2.19. The van der Waals surface area contributed by atoms with Gasteiger partial charge in [0.1, 0.15) is 0 Å². The number of thiol groups is 1. The summed E-state index contributed by atoms with van der Waals surface area (Å²) in [5, 5.41) is 19.0. The minimum Gasteiger partial charge on any atom is -0.481 e. The maximum Gasteiger partial charge on any atom is 0.303 e. The number of carboxylic acids is 1. The molecule has 0 rings (SSSR count). The maximum atomic E-state index is 12.4. The van der Waals surface area contributed by atoms with Gasteiger partial charge in [0.15, 0.2) is 5.78 Å². The first-order valence-electron chi connectivity index (χ1n) is 10.4. The molecule has 3 atom stereocenters. The molecule has 29 heavy (non-hydrogen) atoms. The van der Waals surface area contributed by atoms with Crippen LogP contribution in [0.25, 0.3) is 0 Å². The second-order valence-electron chi connectivity index (χ2n) is 6.97. The molecule has 0 aromatic heterocycles. The molecule has 0 saturated carbocycles. The molecule has 0 aliphatic carbocycles. The first kappa shape index (κ1) is 27.4. The lowest BCUT2D eigenvalue weighted by atomic mass is 9.90. The number of aliphatic carboxylic acids is 1. The second-order valence-corrected chi connectivity index (χ2v) is 7.34. The van der Waals surface area contributed by atoms with Gasteiger partial charge >= 0.3 is 5.97 Å². The summed E-state index contributed by atoms with van der Waals surface area (Å²) in [6.07, 6.45) is 20.6. The lowest BCUT2D eigenvalue weighted by Gasteiger charge is -2.21. The SMILES string of the molecule is CCCCC/C=C\C/C=C/C=CC=C[C@H](C(=O)C(N)CS)[C@H](O)CCCC(=O)O. The van der Waals surface area contributed by atoms with E-state index >= 15 is 0 Å². The maximum absolute atomic E-state index is 12.4. The second kappa shape index (κ2) is 18.4. The van der Waals surface area contributed by atoms with Crippen molar-refractivity contribution in [3.63, 3.8) is 0 Å². The third-order valence-corrected chi connectivity index (χ3v) is 4.79. The van der Waals surface area contributed by atoms with Crippen LogP contribution in [-0.4, -0.2) is 39.9 Å². The molecule has 0 aliphatic rings. The number of rotatable bonds is 17. The van der Waals surface area contributed by atoms with Crippen molar-refractivity contribution >= 4 is 24.4 Å². The average molecular weight is 424 g/mol. The number of carbonyl (C=O) groups is 2. The van der Waals surface area contributed by atoms with E-state index in [0.717, 1.165) is 12.8 Å². The Bertz CT molecular complexity index is 569. The van der Waals surface area contributed by atoms with Crippen LogP contribution in [0.5, 0.6) is 0 Å². The van der Waals surface area contributed by atoms with Crippen molar-refractivity contribution in [1.29, 1.82) is 0 Å². The first-order valence-corrected chi connectivity index (χ1v) is 11.0. The van der Waals surface area contributed by atoms with E-state index in [2.05, 4.69) is 31.7 Å². The highest BCUT2D eigenvalue weighted by Crippen LogP contribution is 2.16. The number of Topliss-reactive ketones (excluding diaryl/α,β-unsaturated/α-hetero) is 1. The van der Waals surface area contributed by atoms with Crippen LogP contribution < -0.4 is 5.73 Å². The number of aliphatic hydroxyl groups excluding tert-OH is 1. The molecule has 0 saturated heterocycles. The van der Waals surface area contributed by atoms with E-state index in [1.54, 1.807) is 18.2 Å². The molecule has 1 unspecified atom stereocenters. The summed E-state index contributed by atoms with van der Waals surface area (Å²) < 4.78 is 0. The fraction of sp³-hybridized carbons (Fsp3) is 0.565. The number of carbonyl (C=O) groups excluding carboxylic acids is 1. The van der Waals surface area contributed by atoms with Crippen molar-refractivity contribution in [1.82, 2.24) is 0 Å². The Balaban J connectivity index is 4.58. The molecule has 0 aromatic carbocycles. The van der Waals surface area contributed by atoms with Crippen LogP contribution in [0, 0.1) is 5.92 Å². The Kier molecular flexibility index (Phi) is 17.4. The zero-order chi connectivity index (χ0) is 21.9. The fourth-order valence-electron chi connectivity index (χ4n) is 2.67. The number of unbranched alkanes of at least 4 members (excludes halogenated alkanes) is 3. The summed E-state index contributed by atoms with van der Waals surface area (Å²) >= 11 is 4.05. The molecule has 0 bridgehead atoms. The lowest BCUT2D eigenvalue weighted by molar-refractivity contribution is -0.137. The molecule has 5 nitrogen and oxygen atoms in total. The van der Waals surface area contributed by atoms with Crippen LogP contribution in [0.1, 0.15) is 58.3 Å². The molecule has 0 spiro atoms.